The highest BCUT2D eigenvalue weighted by Crippen LogP contribution is 2.18. The Morgan fingerprint density at radius 3 is 2.78 bits per heavy atom. The van der Waals surface area contributed by atoms with Crippen LogP contribution in [0, 0.1) is 0 Å². The Hall–Kier alpha value is -2.24. The van der Waals surface area contributed by atoms with E-state index in [1.54, 1.807) is 20.2 Å². The van der Waals surface area contributed by atoms with Gasteiger partial charge in [-0.05, 0) is 12.1 Å². The molecule has 0 aliphatic carbocycles. The van der Waals surface area contributed by atoms with E-state index in [2.05, 4.69) is 5.10 Å². The molecule has 0 N–H and O–H groups in total. The number of benzene rings is 1. The van der Waals surface area contributed by atoms with Gasteiger partial charge in [0.05, 0.1) is 13.7 Å². The first kappa shape index (κ1) is 12.2. The van der Waals surface area contributed by atoms with Crippen molar-refractivity contribution in [3.8, 4) is 11.5 Å². The fourth-order valence-electron chi connectivity index (χ4n) is 1.51. The third-order valence-corrected chi connectivity index (χ3v) is 2.50. The van der Waals surface area contributed by atoms with Gasteiger partial charge in [-0.2, -0.15) is 5.10 Å². The summed E-state index contributed by atoms with van der Waals surface area (Å²) in [5, 5.41) is 3.94. The molecule has 0 aliphatic rings. The molecule has 0 spiro atoms. The maximum Gasteiger partial charge on any atom is 0.345 e. The van der Waals surface area contributed by atoms with Crippen LogP contribution in [-0.2, 0) is 13.6 Å². The zero-order valence-corrected chi connectivity index (χ0v) is 10.4. The molecular weight excluding hydrogens is 234 g/mol. The van der Waals surface area contributed by atoms with Gasteiger partial charge >= 0.3 is 5.69 Å². The molecule has 0 atom stereocenters. The van der Waals surface area contributed by atoms with Crippen LogP contribution in [0.15, 0.2) is 35.4 Å². The molecule has 6 heteroatoms. The second-order valence-corrected chi connectivity index (χ2v) is 3.78. The quantitative estimate of drug-likeness (QED) is 0.781. The third-order valence-electron chi connectivity index (χ3n) is 2.50. The maximum absolute atomic E-state index is 11.5. The van der Waals surface area contributed by atoms with Crippen molar-refractivity contribution in [1.29, 1.82) is 0 Å². The molecule has 1 heterocycles. The van der Waals surface area contributed by atoms with Crippen LogP contribution in [0.5, 0.6) is 11.5 Å². The van der Waals surface area contributed by atoms with Gasteiger partial charge in [-0.1, -0.05) is 6.07 Å². The molecule has 6 nitrogen and oxygen atoms in total. The summed E-state index contributed by atoms with van der Waals surface area (Å²) in [4.78, 5) is 11.5. The summed E-state index contributed by atoms with van der Waals surface area (Å²) in [7, 11) is 3.27. The van der Waals surface area contributed by atoms with E-state index in [1.165, 1.54) is 15.6 Å². The number of aryl methyl sites for hydroxylation is 1. The Morgan fingerprint density at radius 1 is 1.33 bits per heavy atom. The summed E-state index contributed by atoms with van der Waals surface area (Å²) in [5.74, 6) is 1.45. The monoisotopic (exact) mass is 249 g/mol. The standard InChI is InChI=1S/C12H15N3O3/c1-14-9-13-15(12(14)16)6-7-18-11-5-3-4-10(8-11)17-2/h3-5,8-9H,6-7H2,1-2H3. The number of hydrogen-bond donors (Lipinski definition) is 0. The fraction of sp³-hybridized carbons (Fsp3) is 0.333. The lowest BCUT2D eigenvalue weighted by Crippen LogP contribution is -2.25. The van der Waals surface area contributed by atoms with Gasteiger partial charge in [0.15, 0.2) is 0 Å². The summed E-state index contributed by atoms with van der Waals surface area (Å²) in [6, 6.07) is 7.32. The Bertz CT molecular complexity index is 574. The molecule has 1 aromatic heterocycles. The summed E-state index contributed by atoms with van der Waals surface area (Å²) < 4.78 is 13.4. The van der Waals surface area contributed by atoms with E-state index in [0.29, 0.717) is 18.9 Å². The van der Waals surface area contributed by atoms with Crippen molar-refractivity contribution in [2.75, 3.05) is 13.7 Å². The summed E-state index contributed by atoms with van der Waals surface area (Å²) in [6.45, 7) is 0.793. The molecule has 2 aromatic rings. The van der Waals surface area contributed by atoms with Crippen LogP contribution in [0.1, 0.15) is 0 Å². The maximum atomic E-state index is 11.5. The summed E-state index contributed by atoms with van der Waals surface area (Å²) in [5.41, 5.74) is -0.149. The Morgan fingerprint density at radius 2 is 2.11 bits per heavy atom. The topological polar surface area (TPSA) is 58.3 Å². The van der Waals surface area contributed by atoms with E-state index in [-0.39, 0.29) is 5.69 Å². The van der Waals surface area contributed by atoms with Crippen molar-refractivity contribution in [3.05, 3.63) is 41.1 Å². The molecule has 0 radical (unpaired) electrons. The third kappa shape index (κ3) is 2.71. The molecule has 2 rings (SSSR count). The van der Waals surface area contributed by atoms with Crippen LogP contribution < -0.4 is 15.2 Å². The van der Waals surface area contributed by atoms with E-state index >= 15 is 0 Å². The van der Waals surface area contributed by atoms with Crippen LogP contribution in [0.25, 0.3) is 0 Å². The van der Waals surface area contributed by atoms with Crippen LogP contribution in [0.3, 0.4) is 0 Å². The summed E-state index contributed by atoms with van der Waals surface area (Å²) >= 11 is 0. The van der Waals surface area contributed by atoms with Gasteiger partial charge in [-0.15, -0.1) is 0 Å². The molecule has 0 saturated carbocycles. The molecule has 0 unspecified atom stereocenters. The van der Waals surface area contributed by atoms with Crippen molar-refractivity contribution >= 4 is 0 Å². The average Bonchev–Trinajstić information content (AvgIpc) is 2.71. The van der Waals surface area contributed by atoms with Gasteiger partial charge in [-0.25, -0.2) is 9.48 Å². The molecule has 0 fully saturated rings. The number of rotatable bonds is 5. The van der Waals surface area contributed by atoms with E-state index in [1.807, 2.05) is 18.2 Å². The lowest BCUT2D eigenvalue weighted by atomic mass is 10.3. The van der Waals surface area contributed by atoms with Gasteiger partial charge in [0.1, 0.15) is 24.4 Å². The highest BCUT2D eigenvalue weighted by atomic mass is 16.5. The van der Waals surface area contributed by atoms with Gasteiger partial charge < -0.3 is 9.47 Å². The molecule has 0 saturated heterocycles. The largest absolute Gasteiger partial charge is 0.497 e. The van der Waals surface area contributed by atoms with Crippen molar-refractivity contribution in [2.45, 2.75) is 6.54 Å². The van der Waals surface area contributed by atoms with Gasteiger partial charge in [0, 0.05) is 13.1 Å². The Kier molecular flexibility index (Phi) is 3.66. The molecular formula is C12H15N3O3. The van der Waals surface area contributed by atoms with Crippen LogP contribution >= 0.6 is 0 Å². The molecule has 0 aliphatic heterocycles. The number of nitrogens with zero attached hydrogens (tertiary/aromatic N) is 3. The first-order valence-electron chi connectivity index (χ1n) is 5.56. The van der Waals surface area contributed by atoms with E-state index in [0.717, 1.165) is 5.75 Å². The van der Waals surface area contributed by atoms with Crippen LogP contribution in [0.4, 0.5) is 0 Å². The minimum absolute atomic E-state index is 0.149. The first-order valence-corrected chi connectivity index (χ1v) is 5.56. The fourth-order valence-corrected chi connectivity index (χ4v) is 1.51. The molecule has 96 valence electrons. The zero-order chi connectivity index (χ0) is 13.0. The van der Waals surface area contributed by atoms with E-state index in [4.69, 9.17) is 9.47 Å². The van der Waals surface area contributed by atoms with E-state index < -0.39 is 0 Å². The Balaban J connectivity index is 1.92. The van der Waals surface area contributed by atoms with Gasteiger partial charge in [0.25, 0.3) is 0 Å². The first-order chi connectivity index (χ1) is 8.70. The minimum Gasteiger partial charge on any atom is -0.497 e. The van der Waals surface area contributed by atoms with E-state index in [9.17, 15) is 4.79 Å². The normalized spacial score (nSPS) is 10.3. The molecule has 0 bridgehead atoms. The van der Waals surface area contributed by atoms with Gasteiger partial charge in [0.2, 0.25) is 0 Å². The SMILES string of the molecule is COc1cccc(OCCn2ncn(C)c2=O)c1. The summed E-state index contributed by atoms with van der Waals surface area (Å²) in [6.07, 6.45) is 1.48. The van der Waals surface area contributed by atoms with Crippen LogP contribution in [0.2, 0.25) is 0 Å². The van der Waals surface area contributed by atoms with Crippen molar-refractivity contribution in [2.24, 2.45) is 7.05 Å². The number of methoxy groups -OCH3 is 1. The highest BCUT2D eigenvalue weighted by Gasteiger charge is 2.02. The average molecular weight is 249 g/mol. The lowest BCUT2D eigenvalue weighted by Gasteiger charge is -2.07. The Labute approximate surface area is 104 Å². The number of ether oxygens (including phenoxy) is 2. The molecule has 1 aromatic carbocycles. The number of aromatic nitrogens is 3. The molecule has 0 amide bonds. The second kappa shape index (κ2) is 5.39. The highest BCUT2D eigenvalue weighted by molar-refractivity contribution is 5.32. The van der Waals surface area contributed by atoms with Crippen molar-refractivity contribution < 1.29 is 9.47 Å². The predicted octanol–water partition coefficient (Wildman–Crippen LogP) is 0.669. The minimum atomic E-state index is -0.149. The lowest BCUT2D eigenvalue weighted by molar-refractivity contribution is 0.287. The zero-order valence-electron chi connectivity index (χ0n) is 10.4. The van der Waals surface area contributed by atoms with Crippen LogP contribution in [-0.4, -0.2) is 28.1 Å². The van der Waals surface area contributed by atoms with Gasteiger partial charge in [-0.3, -0.25) is 4.57 Å². The van der Waals surface area contributed by atoms with Crippen molar-refractivity contribution in [3.63, 3.8) is 0 Å². The second-order valence-electron chi connectivity index (χ2n) is 3.78. The predicted molar refractivity (Wildman–Crippen MR) is 66.0 cm³/mol. The number of hydrogen-bond acceptors (Lipinski definition) is 4. The van der Waals surface area contributed by atoms with Crippen molar-refractivity contribution in [1.82, 2.24) is 14.3 Å². The smallest absolute Gasteiger partial charge is 0.345 e. The molecule has 18 heavy (non-hydrogen) atoms.